The Hall–Kier alpha value is -2.99. The zero-order valence-electron chi connectivity index (χ0n) is 24.8. The maximum Gasteiger partial charge on any atom is 0.223 e. The fraction of sp³-hybridized carbons (Fsp3) is 0.531. The summed E-state index contributed by atoms with van der Waals surface area (Å²) in [5.41, 5.74) is 6.41. The van der Waals surface area contributed by atoms with Crippen LogP contribution in [0.5, 0.6) is 5.75 Å². The Balaban J connectivity index is 0.000000368. The summed E-state index contributed by atoms with van der Waals surface area (Å²) in [6, 6.07) is 12.5. The minimum atomic E-state index is 0.0684. The summed E-state index contributed by atoms with van der Waals surface area (Å²) < 4.78 is 5.63. The highest BCUT2D eigenvalue weighted by molar-refractivity contribution is 5.91. The van der Waals surface area contributed by atoms with Gasteiger partial charge >= 0.3 is 0 Å². The molecule has 2 aromatic rings. The van der Waals surface area contributed by atoms with E-state index in [0.717, 1.165) is 35.9 Å². The van der Waals surface area contributed by atoms with Gasteiger partial charge in [0.2, 0.25) is 5.91 Å². The lowest BCUT2D eigenvalue weighted by molar-refractivity contribution is -0.116. The van der Waals surface area contributed by atoms with Gasteiger partial charge in [-0.15, -0.1) is 0 Å². The molecule has 0 bridgehead atoms. The molecule has 0 unspecified atom stereocenters. The second-order valence-corrected chi connectivity index (χ2v) is 9.51. The molecular formula is C32H49N3O3. The number of nitrogens with zero attached hydrogens (tertiary/aromatic N) is 3. The van der Waals surface area contributed by atoms with Crippen molar-refractivity contribution < 1.29 is 9.53 Å². The molecule has 0 aliphatic heterocycles. The molecule has 38 heavy (non-hydrogen) atoms. The molecule has 1 saturated carbocycles. The van der Waals surface area contributed by atoms with E-state index in [-0.39, 0.29) is 5.91 Å². The summed E-state index contributed by atoms with van der Waals surface area (Å²) in [5, 5.41) is 2.25. The first kappa shape index (κ1) is 33.0. The SMILES string of the molecule is C=Cc1ccc(N(CC)C(C)=O)cc1.CCCN(CCC)Cc1cc(C2CC2)c(OC)cc1CC.CN=O. The van der Waals surface area contributed by atoms with Crippen LogP contribution >= 0.6 is 0 Å². The molecule has 3 rings (SSSR count). The smallest absolute Gasteiger partial charge is 0.223 e. The molecule has 0 atom stereocenters. The van der Waals surface area contributed by atoms with Gasteiger partial charge in [-0.25, -0.2) is 0 Å². The van der Waals surface area contributed by atoms with Gasteiger partial charge in [0.1, 0.15) is 5.75 Å². The lowest BCUT2D eigenvalue weighted by Crippen LogP contribution is -2.27. The summed E-state index contributed by atoms with van der Waals surface area (Å²) in [5.74, 6) is 1.92. The third-order valence-electron chi connectivity index (χ3n) is 6.56. The largest absolute Gasteiger partial charge is 0.496 e. The van der Waals surface area contributed by atoms with Crippen LogP contribution in [0.2, 0.25) is 0 Å². The Labute approximate surface area is 231 Å². The van der Waals surface area contributed by atoms with Crippen LogP contribution in [0.3, 0.4) is 0 Å². The van der Waals surface area contributed by atoms with Crippen LogP contribution in [0, 0.1) is 4.91 Å². The van der Waals surface area contributed by atoms with Crippen molar-refractivity contribution in [2.75, 3.05) is 38.7 Å². The fourth-order valence-electron chi connectivity index (χ4n) is 4.57. The Bertz CT molecular complexity index is 978. The summed E-state index contributed by atoms with van der Waals surface area (Å²) in [7, 11) is 3.00. The molecule has 210 valence electrons. The normalized spacial score (nSPS) is 12.0. The van der Waals surface area contributed by atoms with Crippen LogP contribution in [0.4, 0.5) is 5.69 Å². The lowest BCUT2D eigenvalue weighted by atomic mass is 9.98. The molecule has 1 aliphatic carbocycles. The van der Waals surface area contributed by atoms with E-state index >= 15 is 0 Å². The van der Waals surface area contributed by atoms with Crippen LogP contribution in [-0.4, -0.2) is 44.6 Å². The van der Waals surface area contributed by atoms with Gasteiger partial charge in [0.25, 0.3) is 0 Å². The zero-order valence-corrected chi connectivity index (χ0v) is 24.8. The quantitative estimate of drug-likeness (QED) is 0.266. The average molecular weight is 524 g/mol. The van der Waals surface area contributed by atoms with Crippen molar-refractivity contribution in [1.82, 2.24) is 4.90 Å². The number of amides is 1. The van der Waals surface area contributed by atoms with Crippen molar-refractivity contribution in [2.24, 2.45) is 5.18 Å². The third kappa shape index (κ3) is 10.8. The molecule has 0 N–H and O–H groups in total. The fourth-order valence-corrected chi connectivity index (χ4v) is 4.57. The third-order valence-corrected chi connectivity index (χ3v) is 6.56. The van der Waals surface area contributed by atoms with E-state index in [1.807, 2.05) is 31.2 Å². The minimum absolute atomic E-state index is 0.0684. The number of hydrogen-bond donors (Lipinski definition) is 0. The number of rotatable bonds is 12. The highest BCUT2D eigenvalue weighted by atomic mass is 16.5. The molecule has 6 heteroatoms. The van der Waals surface area contributed by atoms with E-state index in [4.69, 9.17) is 9.64 Å². The zero-order chi connectivity index (χ0) is 28.5. The van der Waals surface area contributed by atoms with Gasteiger partial charge in [0, 0.05) is 25.7 Å². The second kappa shape index (κ2) is 18.3. The highest BCUT2D eigenvalue weighted by Crippen LogP contribution is 2.45. The van der Waals surface area contributed by atoms with Crippen molar-refractivity contribution in [1.29, 1.82) is 0 Å². The van der Waals surface area contributed by atoms with Crippen LogP contribution in [0.15, 0.2) is 48.2 Å². The summed E-state index contributed by atoms with van der Waals surface area (Å²) in [6.07, 6.45) is 7.99. The number of ether oxygens (including phenoxy) is 1. The molecule has 1 amide bonds. The van der Waals surface area contributed by atoms with Gasteiger partial charge in [0.05, 0.1) is 14.2 Å². The van der Waals surface area contributed by atoms with Gasteiger partial charge in [-0.05, 0) is 98.5 Å². The number of hydrogen-bond acceptors (Lipinski definition) is 5. The van der Waals surface area contributed by atoms with Crippen LogP contribution in [0.25, 0.3) is 6.08 Å². The molecule has 0 saturated heterocycles. The van der Waals surface area contributed by atoms with Crippen molar-refractivity contribution in [3.05, 3.63) is 70.1 Å². The van der Waals surface area contributed by atoms with Gasteiger partial charge in [0.15, 0.2) is 0 Å². The van der Waals surface area contributed by atoms with E-state index in [1.165, 1.54) is 62.5 Å². The topological polar surface area (TPSA) is 62.2 Å². The number of methoxy groups -OCH3 is 1. The molecule has 1 fully saturated rings. The van der Waals surface area contributed by atoms with Crippen LogP contribution in [-0.2, 0) is 17.8 Å². The first-order valence-electron chi connectivity index (χ1n) is 14.0. The molecule has 6 nitrogen and oxygen atoms in total. The van der Waals surface area contributed by atoms with Gasteiger partial charge < -0.3 is 9.64 Å². The predicted molar refractivity (Wildman–Crippen MR) is 162 cm³/mol. The highest BCUT2D eigenvalue weighted by Gasteiger charge is 2.27. The van der Waals surface area contributed by atoms with E-state index in [0.29, 0.717) is 6.54 Å². The number of anilines is 1. The van der Waals surface area contributed by atoms with Crippen molar-refractivity contribution in [3.8, 4) is 5.75 Å². The van der Waals surface area contributed by atoms with Crippen molar-refractivity contribution in [2.45, 2.75) is 79.2 Å². The number of nitroso groups, excluding NO2 is 1. The van der Waals surface area contributed by atoms with E-state index in [9.17, 15) is 4.79 Å². The van der Waals surface area contributed by atoms with E-state index < -0.39 is 0 Å². The van der Waals surface area contributed by atoms with Gasteiger partial charge in [-0.3, -0.25) is 9.69 Å². The Kier molecular flexibility index (Phi) is 15.9. The van der Waals surface area contributed by atoms with Gasteiger partial charge in [-0.2, -0.15) is 4.91 Å². The second-order valence-electron chi connectivity index (χ2n) is 9.51. The standard InChI is InChI=1S/C19H31NO.C12H15NO.CH3NO/c1-5-10-20(11-6-2)14-17-12-18(16-8-9-16)19(21-4)13-15(17)7-3;1-4-11-6-8-12(9-7-11)13(5-2)10(3)14;1-2-3/h12-13,16H,5-11,14H2,1-4H3;4,6-9H,1,5H2,2-3H3;1H3. The Morgan fingerprint density at radius 1 is 1.05 bits per heavy atom. The molecule has 0 spiro atoms. The van der Waals surface area contributed by atoms with Crippen LogP contribution in [0.1, 0.15) is 88.5 Å². The maximum absolute atomic E-state index is 11.2. The first-order valence-corrected chi connectivity index (χ1v) is 14.0. The average Bonchev–Trinajstić information content (AvgIpc) is 3.76. The predicted octanol–water partition coefficient (Wildman–Crippen LogP) is 7.84. The molecular weight excluding hydrogens is 474 g/mol. The van der Waals surface area contributed by atoms with E-state index in [2.05, 4.69) is 49.6 Å². The lowest BCUT2D eigenvalue weighted by Gasteiger charge is -2.23. The monoisotopic (exact) mass is 523 g/mol. The Morgan fingerprint density at radius 3 is 2.03 bits per heavy atom. The van der Waals surface area contributed by atoms with Gasteiger partial charge in [-0.1, -0.05) is 56.8 Å². The summed E-state index contributed by atoms with van der Waals surface area (Å²) in [4.78, 5) is 24.1. The van der Waals surface area contributed by atoms with Crippen LogP contribution < -0.4 is 9.64 Å². The summed E-state index contributed by atoms with van der Waals surface area (Å²) >= 11 is 0. The van der Waals surface area contributed by atoms with Crippen molar-refractivity contribution in [3.63, 3.8) is 0 Å². The first-order chi connectivity index (χ1) is 18.3. The molecule has 0 aromatic heterocycles. The number of carbonyl (C=O) groups excluding carboxylic acids is 1. The van der Waals surface area contributed by atoms with Crippen molar-refractivity contribution >= 4 is 17.7 Å². The number of aryl methyl sites for hydroxylation is 1. The summed E-state index contributed by atoms with van der Waals surface area (Å²) in [6.45, 7) is 18.2. The minimum Gasteiger partial charge on any atom is -0.496 e. The molecule has 1 aliphatic rings. The molecule has 0 heterocycles. The Morgan fingerprint density at radius 2 is 1.63 bits per heavy atom. The number of benzene rings is 2. The van der Waals surface area contributed by atoms with E-state index in [1.54, 1.807) is 25.0 Å². The maximum atomic E-state index is 11.2. The molecule has 2 aromatic carbocycles. The number of carbonyl (C=O) groups is 1. The molecule has 0 radical (unpaired) electrons.